The number of nitrogens with zero attached hydrogens (tertiary/aromatic N) is 1. The molecule has 1 aromatic rings. The van der Waals surface area contributed by atoms with Crippen molar-refractivity contribution in [2.45, 2.75) is 6.92 Å². The Morgan fingerprint density at radius 2 is 1.67 bits per heavy atom. The fourth-order valence-electron chi connectivity index (χ4n) is 2.39. The molecule has 0 unspecified atom stereocenters. The van der Waals surface area contributed by atoms with Gasteiger partial charge in [-0.1, -0.05) is 18.2 Å². The minimum Gasteiger partial charge on any atom is -0.465 e. The van der Waals surface area contributed by atoms with Gasteiger partial charge in [-0.05, 0) is 18.6 Å². The molecule has 2 rings (SSSR count). The Hall–Kier alpha value is -2.56. The summed E-state index contributed by atoms with van der Waals surface area (Å²) >= 11 is 0. The molecule has 0 fully saturated rings. The van der Waals surface area contributed by atoms with E-state index >= 15 is 0 Å². The normalized spacial score (nSPS) is 14.1. The Balaban J connectivity index is 2.76. The quantitative estimate of drug-likeness (QED) is 0.780. The fourth-order valence-corrected chi connectivity index (χ4v) is 2.39. The van der Waals surface area contributed by atoms with Gasteiger partial charge in [0, 0.05) is 24.5 Å². The zero-order valence-corrected chi connectivity index (χ0v) is 12.5. The summed E-state index contributed by atoms with van der Waals surface area (Å²) in [7, 11) is 4.39. The van der Waals surface area contributed by atoms with Crippen LogP contribution in [0.3, 0.4) is 0 Å². The summed E-state index contributed by atoms with van der Waals surface area (Å²) in [5, 5.41) is 0. The van der Waals surface area contributed by atoms with Crippen LogP contribution in [0, 0.1) is 0 Å². The highest BCUT2D eigenvalue weighted by Gasteiger charge is 2.29. The maximum atomic E-state index is 12.1. The van der Waals surface area contributed by atoms with Crippen molar-refractivity contribution < 1.29 is 19.1 Å². The van der Waals surface area contributed by atoms with Gasteiger partial charge >= 0.3 is 11.9 Å². The molecular weight excluding hydrogens is 270 g/mol. The summed E-state index contributed by atoms with van der Waals surface area (Å²) < 4.78 is 9.62. The van der Waals surface area contributed by atoms with E-state index in [1.807, 2.05) is 31.3 Å². The van der Waals surface area contributed by atoms with Crippen molar-refractivity contribution in [2.24, 2.45) is 0 Å². The summed E-state index contributed by atoms with van der Waals surface area (Å²) in [5.74, 6) is -1.14. The van der Waals surface area contributed by atoms with E-state index in [1.165, 1.54) is 14.2 Å². The van der Waals surface area contributed by atoms with Gasteiger partial charge in [0.2, 0.25) is 0 Å². The number of esters is 2. The van der Waals surface area contributed by atoms with Gasteiger partial charge in [0.1, 0.15) is 0 Å². The van der Waals surface area contributed by atoms with E-state index in [9.17, 15) is 9.59 Å². The maximum absolute atomic E-state index is 12.1. The summed E-state index contributed by atoms with van der Waals surface area (Å²) in [6.07, 6.45) is 1.59. The number of allylic oxidation sites excluding steroid dienone is 1. The predicted octanol–water partition coefficient (Wildman–Crippen LogP) is 2.14. The van der Waals surface area contributed by atoms with Crippen molar-refractivity contribution in [3.63, 3.8) is 0 Å². The van der Waals surface area contributed by atoms with Crippen LogP contribution in [0.2, 0.25) is 0 Å². The Morgan fingerprint density at radius 1 is 1.05 bits per heavy atom. The lowest BCUT2D eigenvalue weighted by Crippen LogP contribution is -2.18. The van der Waals surface area contributed by atoms with E-state index in [4.69, 9.17) is 9.47 Å². The minimum absolute atomic E-state index is 0.181. The number of carbonyl (C=O) groups excluding carboxylic acids is 2. The third kappa shape index (κ3) is 2.54. The second kappa shape index (κ2) is 5.83. The second-order valence-corrected chi connectivity index (χ2v) is 4.65. The van der Waals surface area contributed by atoms with Gasteiger partial charge in [0.05, 0.1) is 25.4 Å². The number of rotatable bonds is 2. The topological polar surface area (TPSA) is 55.8 Å². The number of benzene rings is 1. The van der Waals surface area contributed by atoms with E-state index in [-0.39, 0.29) is 11.1 Å². The number of anilines is 1. The lowest BCUT2D eigenvalue weighted by atomic mass is 9.96. The molecule has 5 nitrogen and oxygen atoms in total. The van der Waals surface area contributed by atoms with Gasteiger partial charge in [0.15, 0.2) is 0 Å². The molecule has 0 radical (unpaired) electrons. The van der Waals surface area contributed by atoms with Crippen LogP contribution >= 0.6 is 0 Å². The molecule has 1 aliphatic heterocycles. The van der Waals surface area contributed by atoms with Crippen molar-refractivity contribution in [1.29, 1.82) is 0 Å². The monoisotopic (exact) mass is 287 g/mol. The van der Waals surface area contributed by atoms with Crippen LogP contribution in [0.15, 0.2) is 41.6 Å². The minimum atomic E-state index is -0.575. The van der Waals surface area contributed by atoms with E-state index in [0.717, 1.165) is 11.3 Å². The van der Waals surface area contributed by atoms with Crippen molar-refractivity contribution in [1.82, 2.24) is 0 Å². The van der Waals surface area contributed by atoms with Gasteiger partial charge in [-0.25, -0.2) is 9.59 Å². The number of hydrogen-bond donors (Lipinski definition) is 0. The lowest BCUT2D eigenvalue weighted by molar-refractivity contribution is -0.139. The molecule has 0 saturated carbocycles. The zero-order valence-electron chi connectivity index (χ0n) is 12.5. The van der Waals surface area contributed by atoms with Gasteiger partial charge in [-0.15, -0.1) is 0 Å². The molecule has 0 bridgehead atoms. The first-order valence-electron chi connectivity index (χ1n) is 6.43. The lowest BCUT2D eigenvalue weighted by Gasteiger charge is -2.16. The predicted molar refractivity (Wildman–Crippen MR) is 79.6 cm³/mol. The Kier molecular flexibility index (Phi) is 4.12. The van der Waals surface area contributed by atoms with Gasteiger partial charge in [0.25, 0.3) is 0 Å². The standard InChI is InChI=1S/C16H17NO4/c1-10-11-7-5-6-8-13(11)17(2)9-12(15(18)20-3)14(10)16(19)21-4/h5-9H,1-4H3. The third-order valence-corrected chi connectivity index (χ3v) is 3.45. The average Bonchev–Trinajstić information content (AvgIpc) is 2.62. The first-order valence-corrected chi connectivity index (χ1v) is 6.43. The van der Waals surface area contributed by atoms with E-state index in [0.29, 0.717) is 5.57 Å². The Labute approximate surface area is 123 Å². The van der Waals surface area contributed by atoms with Gasteiger partial charge in [-0.3, -0.25) is 0 Å². The number of methoxy groups -OCH3 is 2. The van der Waals surface area contributed by atoms with E-state index in [1.54, 1.807) is 18.0 Å². The number of hydrogen-bond acceptors (Lipinski definition) is 5. The van der Waals surface area contributed by atoms with Crippen LogP contribution in [-0.2, 0) is 19.1 Å². The van der Waals surface area contributed by atoms with Gasteiger partial charge < -0.3 is 14.4 Å². The van der Waals surface area contributed by atoms with Crippen LogP contribution in [0.4, 0.5) is 5.69 Å². The molecule has 1 aromatic carbocycles. The molecule has 1 aliphatic rings. The largest absolute Gasteiger partial charge is 0.465 e. The SMILES string of the molecule is COC(=O)C1=CN(C)c2ccccc2C(C)=C1C(=O)OC. The van der Waals surface area contributed by atoms with Crippen molar-refractivity contribution in [3.8, 4) is 0 Å². The average molecular weight is 287 g/mol. The van der Waals surface area contributed by atoms with Crippen molar-refractivity contribution in [3.05, 3.63) is 47.2 Å². The second-order valence-electron chi connectivity index (χ2n) is 4.65. The van der Waals surface area contributed by atoms with Crippen LogP contribution < -0.4 is 4.90 Å². The Bertz CT molecular complexity index is 658. The molecule has 0 spiro atoms. The number of carbonyl (C=O) groups is 2. The molecule has 21 heavy (non-hydrogen) atoms. The van der Waals surface area contributed by atoms with Crippen LogP contribution in [-0.4, -0.2) is 33.2 Å². The summed E-state index contributed by atoms with van der Waals surface area (Å²) in [5.41, 5.74) is 2.85. The maximum Gasteiger partial charge on any atom is 0.340 e. The molecule has 110 valence electrons. The van der Waals surface area contributed by atoms with Crippen molar-refractivity contribution in [2.75, 3.05) is 26.2 Å². The molecule has 0 amide bonds. The Morgan fingerprint density at radius 3 is 2.29 bits per heavy atom. The molecule has 5 heteroatoms. The summed E-state index contributed by atoms with van der Waals surface area (Å²) in [6.45, 7) is 1.79. The molecule has 0 saturated heterocycles. The van der Waals surface area contributed by atoms with Crippen molar-refractivity contribution >= 4 is 23.2 Å². The molecule has 0 N–H and O–H groups in total. The van der Waals surface area contributed by atoms with Crippen LogP contribution in [0.25, 0.3) is 5.57 Å². The van der Waals surface area contributed by atoms with Crippen LogP contribution in [0.5, 0.6) is 0 Å². The fraction of sp³-hybridized carbons (Fsp3) is 0.250. The summed E-state index contributed by atoms with van der Waals surface area (Å²) in [6, 6.07) is 7.61. The highest BCUT2D eigenvalue weighted by molar-refractivity contribution is 6.13. The highest BCUT2D eigenvalue weighted by atomic mass is 16.5. The van der Waals surface area contributed by atoms with E-state index in [2.05, 4.69) is 0 Å². The highest BCUT2D eigenvalue weighted by Crippen LogP contribution is 2.35. The molecule has 0 aliphatic carbocycles. The smallest absolute Gasteiger partial charge is 0.340 e. The number of para-hydroxylation sites is 1. The van der Waals surface area contributed by atoms with Crippen LogP contribution in [0.1, 0.15) is 12.5 Å². The molecule has 0 atom stereocenters. The molecule has 1 heterocycles. The van der Waals surface area contributed by atoms with Gasteiger partial charge in [-0.2, -0.15) is 0 Å². The first kappa shape index (κ1) is 14.8. The summed E-state index contributed by atoms with van der Waals surface area (Å²) in [4.78, 5) is 26.0. The molecule has 0 aromatic heterocycles. The van der Waals surface area contributed by atoms with E-state index < -0.39 is 11.9 Å². The number of ether oxygens (including phenoxy) is 2. The first-order chi connectivity index (χ1) is 10.0. The third-order valence-electron chi connectivity index (χ3n) is 3.45. The number of fused-ring (bicyclic) bond motifs is 1. The molecular formula is C16H17NO4. The zero-order chi connectivity index (χ0) is 15.6.